The molecule has 8 nitrogen and oxygen atoms in total. The molecule has 0 bridgehead atoms. The maximum atomic E-state index is 11.6. The Bertz CT molecular complexity index is 371. The van der Waals surface area contributed by atoms with Crippen LogP contribution < -0.4 is 17.2 Å². The van der Waals surface area contributed by atoms with Crippen molar-refractivity contribution in [1.82, 2.24) is 4.90 Å². The van der Waals surface area contributed by atoms with Gasteiger partial charge in [-0.05, 0) is 25.3 Å². The average molecular weight is 271 g/mol. The fraction of sp³-hybridized carbons (Fsp3) is 0.727. The second-order valence-corrected chi connectivity index (χ2v) is 4.64. The van der Waals surface area contributed by atoms with E-state index < -0.39 is 12.0 Å². The van der Waals surface area contributed by atoms with E-state index in [1.165, 1.54) is 4.90 Å². The van der Waals surface area contributed by atoms with Crippen LogP contribution >= 0.6 is 0 Å². The van der Waals surface area contributed by atoms with Crippen LogP contribution in [0.4, 0.5) is 0 Å². The number of amides is 1. The van der Waals surface area contributed by atoms with Crippen molar-refractivity contribution in [3.8, 4) is 0 Å². The average Bonchev–Trinajstić information content (AvgIpc) is 2.75. The first kappa shape index (κ1) is 15.4. The summed E-state index contributed by atoms with van der Waals surface area (Å²) in [6.07, 6.45) is 1.23. The Morgan fingerprint density at radius 2 is 2.26 bits per heavy atom. The van der Waals surface area contributed by atoms with Gasteiger partial charge in [-0.15, -0.1) is 0 Å². The molecule has 1 aliphatic heterocycles. The Hall–Kier alpha value is -1.67. The standard InChI is InChI=1S/C11H21N5O3/c12-5-7-4-9(17)16(6-7)11(14)15-3-1-2-8(13)10(18)19/h7-8H,1-6,12-13H2,(H2,14,15)(H,18,19). The Morgan fingerprint density at radius 3 is 2.79 bits per heavy atom. The van der Waals surface area contributed by atoms with Gasteiger partial charge in [0.1, 0.15) is 6.04 Å². The third-order valence-corrected chi connectivity index (χ3v) is 3.08. The summed E-state index contributed by atoms with van der Waals surface area (Å²) >= 11 is 0. The molecule has 8 heteroatoms. The molecule has 1 amide bonds. The monoisotopic (exact) mass is 271 g/mol. The highest BCUT2D eigenvalue weighted by atomic mass is 16.4. The van der Waals surface area contributed by atoms with E-state index in [9.17, 15) is 9.59 Å². The zero-order valence-corrected chi connectivity index (χ0v) is 10.8. The maximum Gasteiger partial charge on any atom is 0.320 e. The molecule has 2 atom stereocenters. The van der Waals surface area contributed by atoms with Crippen LogP contribution in [0.15, 0.2) is 4.99 Å². The predicted molar refractivity (Wildman–Crippen MR) is 70.2 cm³/mol. The van der Waals surface area contributed by atoms with Crippen LogP contribution in [0.2, 0.25) is 0 Å². The summed E-state index contributed by atoms with van der Waals surface area (Å²) < 4.78 is 0. The van der Waals surface area contributed by atoms with Gasteiger partial charge in [-0.3, -0.25) is 19.5 Å². The second kappa shape index (κ2) is 7.05. The highest BCUT2D eigenvalue weighted by Crippen LogP contribution is 2.15. The molecule has 1 fully saturated rings. The van der Waals surface area contributed by atoms with Gasteiger partial charge in [0.15, 0.2) is 5.96 Å². The van der Waals surface area contributed by atoms with E-state index >= 15 is 0 Å². The minimum absolute atomic E-state index is 0.0704. The molecular formula is C11H21N5O3. The first-order chi connectivity index (χ1) is 8.95. The largest absolute Gasteiger partial charge is 0.480 e. The summed E-state index contributed by atoms with van der Waals surface area (Å²) in [5.41, 5.74) is 16.6. The normalized spacial score (nSPS) is 21.8. The van der Waals surface area contributed by atoms with E-state index in [4.69, 9.17) is 22.3 Å². The number of carboxylic acids is 1. The molecular weight excluding hydrogens is 250 g/mol. The number of aliphatic carboxylic acids is 1. The zero-order valence-electron chi connectivity index (χ0n) is 10.8. The van der Waals surface area contributed by atoms with Gasteiger partial charge in [0.25, 0.3) is 0 Å². The van der Waals surface area contributed by atoms with E-state index in [2.05, 4.69) is 4.99 Å². The molecule has 7 N–H and O–H groups in total. The second-order valence-electron chi connectivity index (χ2n) is 4.64. The minimum Gasteiger partial charge on any atom is -0.480 e. The fourth-order valence-electron chi connectivity index (χ4n) is 1.87. The van der Waals surface area contributed by atoms with Crippen LogP contribution in [0.1, 0.15) is 19.3 Å². The van der Waals surface area contributed by atoms with Crippen LogP contribution in [0.5, 0.6) is 0 Å². The lowest BCUT2D eigenvalue weighted by atomic mass is 10.1. The van der Waals surface area contributed by atoms with Crippen LogP contribution in [-0.2, 0) is 9.59 Å². The molecule has 1 saturated heterocycles. The molecule has 1 aliphatic rings. The van der Waals surface area contributed by atoms with Crippen LogP contribution in [0.3, 0.4) is 0 Å². The Kier molecular flexibility index (Phi) is 5.71. The third-order valence-electron chi connectivity index (χ3n) is 3.08. The SMILES string of the molecule is NCC1CC(=O)N(C(N)=NCCCC(N)C(=O)O)C1. The molecule has 19 heavy (non-hydrogen) atoms. The molecule has 0 saturated carbocycles. The highest BCUT2D eigenvalue weighted by molar-refractivity contribution is 5.97. The minimum atomic E-state index is -1.03. The van der Waals surface area contributed by atoms with Gasteiger partial charge in [-0.25, -0.2) is 0 Å². The maximum absolute atomic E-state index is 11.6. The summed E-state index contributed by atoms with van der Waals surface area (Å²) in [5.74, 6) is -0.803. The molecule has 0 spiro atoms. The number of carbonyl (C=O) groups is 2. The number of guanidine groups is 1. The molecule has 0 aromatic rings. The van der Waals surface area contributed by atoms with E-state index in [0.29, 0.717) is 38.9 Å². The van der Waals surface area contributed by atoms with E-state index in [-0.39, 0.29) is 17.8 Å². The predicted octanol–water partition coefficient (Wildman–Crippen LogP) is -1.70. The Labute approximate surface area is 111 Å². The number of nitrogens with two attached hydrogens (primary N) is 3. The van der Waals surface area contributed by atoms with Gasteiger partial charge in [-0.2, -0.15) is 0 Å². The van der Waals surface area contributed by atoms with Gasteiger partial charge in [0, 0.05) is 19.5 Å². The molecule has 1 rings (SSSR count). The van der Waals surface area contributed by atoms with Gasteiger partial charge >= 0.3 is 5.97 Å². The molecule has 108 valence electrons. The zero-order chi connectivity index (χ0) is 14.4. The van der Waals surface area contributed by atoms with Gasteiger partial charge in [0.2, 0.25) is 5.91 Å². The van der Waals surface area contributed by atoms with Crippen molar-refractivity contribution in [3.63, 3.8) is 0 Å². The number of nitrogens with zero attached hydrogens (tertiary/aromatic N) is 2. The number of carboxylic acid groups (broad SMARTS) is 1. The molecule has 2 unspecified atom stereocenters. The first-order valence-electron chi connectivity index (χ1n) is 6.24. The van der Waals surface area contributed by atoms with E-state index in [0.717, 1.165) is 0 Å². The van der Waals surface area contributed by atoms with Crippen molar-refractivity contribution in [2.45, 2.75) is 25.3 Å². The van der Waals surface area contributed by atoms with Crippen molar-refractivity contribution in [2.24, 2.45) is 28.1 Å². The van der Waals surface area contributed by atoms with Gasteiger partial charge in [0.05, 0.1) is 0 Å². The number of carbonyl (C=O) groups excluding carboxylic acids is 1. The lowest BCUT2D eigenvalue weighted by molar-refractivity contribution is -0.138. The molecule has 0 aliphatic carbocycles. The first-order valence-corrected chi connectivity index (χ1v) is 6.24. The molecule has 1 heterocycles. The summed E-state index contributed by atoms with van der Waals surface area (Å²) in [5, 5.41) is 8.60. The third kappa shape index (κ3) is 4.49. The van der Waals surface area contributed by atoms with Gasteiger partial charge < -0.3 is 22.3 Å². The lowest BCUT2D eigenvalue weighted by Gasteiger charge is -2.15. The molecule has 0 aromatic carbocycles. The summed E-state index contributed by atoms with van der Waals surface area (Å²) in [6, 6.07) is -0.883. The Balaban J connectivity index is 2.37. The van der Waals surface area contributed by atoms with Crippen molar-refractivity contribution in [1.29, 1.82) is 0 Å². The topological polar surface area (TPSA) is 148 Å². The fourth-order valence-corrected chi connectivity index (χ4v) is 1.87. The van der Waals surface area contributed by atoms with Crippen molar-refractivity contribution >= 4 is 17.8 Å². The van der Waals surface area contributed by atoms with E-state index in [1.54, 1.807) is 0 Å². The smallest absolute Gasteiger partial charge is 0.320 e. The van der Waals surface area contributed by atoms with Crippen molar-refractivity contribution < 1.29 is 14.7 Å². The van der Waals surface area contributed by atoms with Crippen LogP contribution in [-0.4, -0.2) is 53.5 Å². The summed E-state index contributed by atoms with van der Waals surface area (Å²) in [6.45, 7) is 1.30. The molecule has 0 aromatic heterocycles. The van der Waals surface area contributed by atoms with Gasteiger partial charge in [-0.1, -0.05) is 0 Å². The lowest BCUT2D eigenvalue weighted by Crippen LogP contribution is -2.39. The number of likely N-dealkylation sites (tertiary alicyclic amines) is 1. The number of hydrogen-bond acceptors (Lipinski definition) is 5. The van der Waals surface area contributed by atoms with Crippen molar-refractivity contribution in [2.75, 3.05) is 19.6 Å². The highest BCUT2D eigenvalue weighted by Gasteiger charge is 2.30. The number of hydrogen-bond donors (Lipinski definition) is 4. The summed E-state index contributed by atoms with van der Waals surface area (Å²) in [7, 11) is 0. The Morgan fingerprint density at radius 1 is 1.58 bits per heavy atom. The number of rotatable bonds is 6. The summed E-state index contributed by atoms with van der Waals surface area (Å²) in [4.78, 5) is 27.6. The quantitative estimate of drug-likeness (QED) is 0.257. The van der Waals surface area contributed by atoms with Crippen LogP contribution in [0.25, 0.3) is 0 Å². The van der Waals surface area contributed by atoms with Crippen molar-refractivity contribution in [3.05, 3.63) is 0 Å². The molecule has 0 radical (unpaired) electrons. The van der Waals surface area contributed by atoms with Crippen LogP contribution in [0, 0.1) is 5.92 Å². The van der Waals surface area contributed by atoms with E-state index in [1.807, 2.05) is 0 Å². The number of aliphatic imine (C=N–C) groups is 1.